The zero-order valence-electron chi connectivity index (χ0n) is 7.86. The van der Waals surface area contributed by atoms with E-state index in [1.165, 1.54) is 0 Å². The molecule has 0 bridgehead atoms. The molecule has 1 heterocycles. The molecule has 0 atom stereocenters. The lowest BCUT2D eigenvalue weighted by Gasteiger charge is -2.16. The number of hydrogen-bond acceptors (Lipinski definition) is 4. The molecule has 1 rings (SSSR count). The van der Waals surface area contributed by atoms with E-state index >= 15 is 0 Å². The van der Waals surface area contributed by atoms with Crippen molar-refractivity contribution in [3.63, 3.8) is 0 Å². The monoisotopic (exact) mass is 214 g/mol. The van der Waals surface area contributed by atoms with E-state index in [-0.39, 0.29) is 5.54 Å². The van der Waals surface area contributed by atoms with E-state index in [9.17, 15) is 0 Å². The Kier molecular flexibility index (Phi) is 4.09. The highest BCUT2D eigenvalue weighted by Crippen LogP contribution is 2.30. The lowest BCUT2D eigenvalue weighted by Crippen LogP contribution is -2.34. The SMILES string of the molecule is CC(C)(N)CSSc1ccccn1. The topological polar surface area (TPSA) is 38.9 Å². The highest BCUT2D eigenvalue weighted by molar-refractivity contribution is 8.76. The van der Waals surface area contributed by atoms with E-state index in [0.717, 1.165) is 10.8 Å². The maximum Gasteiger partial charge on any atom is 0.106 e. The van der Waals surface area contributed by atoms with E-state index in [0.29, 0.717) is 0 Å². The number of pyridine rings is 1. The van der Waals surface area contributed by atoms with Crippen molar-refractivity contribution in [2.24, 2.45) is 5.73 Å². The molecule has 0 unspecified atom stereocenters. The Bertz CT molecular complexity index is 244. The Morgan fingerprint density at radius 3 is 2.77 bits per heavy atom. The van der Waals surface area contributed by atoms with Gasteiger partial charge in [0.1, 0.15) is 5.03 Å². The minimum Gasteiger partial charge on any atom is -0.325 e. The fourth-order valence-corrected chi connectivity index (χ4v) is 3.11. The summed E-state index contributed by atoms with van der Waals surface area (Å²) >= 11 is 0. The van der Waals surface area contributed by atoms with E-state index < -0.39 is 0 Å². The van der Waals surface area contributed by atoms with Crippen LogP contribution in [0, 0.1) is 0 Å². The van der Waals surface area contributed by atoms with Gasteiger partial charge < -0.3 is 5.73 Å². The number of nitrogens with two attached hydrogens (primary N) is 1. The van der Waals surface area contributed by atoms with Gasteiger partial charge in [0.05, 0.1) is 0 Å². The van der Waals surface area contributed by atoms with E-state index in [4.69, 9.17) is 5.73 Å². The van der Waals surface area contributed by atoms with Crippen molar-refractivity contribution < 1.29 is 0 Å². The van der Waals surface area contributed by atoms with Gasteiger partial charge in [0, 0.05) is 17.5 Å². The molecule has 0 amide bonds. The maximum absolute atomic E-state index is 5.85. The summed E-state index contributed by atoms with van der Waals surface area (Å²) in [7, 11) is 3.42. The van der Waals surface area contributed by atoms with Gasteiger partial charge in [-0.15, -0.1) is 0 Å². The fraction of sp³-hybridized carbons (Fsp3) is 0.444. The molecule has 4 heteroatoms. The van der Waals surface area contributed by atoms with Crippen molar-refractivity contribution in [1.82, 2.24) is 4.98 Å². The molecule has 0 saturated heterocycles. The highest BCUT2D eigenvalue weighted by atomic mass is 33.1. The van der Waals surface area contributed by atoms with Gasteiger partial charge in [0.25, 0.3) is 0 Å². The summed E-state index contributed by atoms with van der Waals surface area (Å²) in [5.41, 5.74) is 5.74. The van der Waals surface area contributed by atoms with Gasteiger partial charge in [-0.3, -0.25) is 0 Å². The Morgan fingerprint density at radius 1 is 1.46 bits per heavy atom. The van der Waals surface area contributed by atoms with Gasteiger partial charge in [0.15, 0.2) is 0 Å². The van der Waals surface area contributed by atoms with Crippen LogP contribution in [-0.2, 0) is 0 Å². The quantitative estimate of drug-likeness (QED) is 0.782. The van der Waals surface area contributed by atoms with E-state index in [2.05, 4.69) is 4.98 Å². The molecule has 0 aliphatic carbocycles. The van der Waals surface area contributed by atoms with Crippen molar-refractivity contribution in [1.29, 1.82) is 0 Å². The van der Waals surface area contributed by atoms with Gasteiger partial charge >= 0.3 is 0 Å². The first-order valence-corrected chi connectivity index (χ1v) is 6.39. The minimum absolute atomic E-state index is 0.105. The smallest absolute Gasteiger partial charge is 0.106 e. The summed E-state index contributed by atoms with van der Waals surface area (Å²) in [5, 5.41) is 1.04. The molecule has 1 aromatic heterocycles. The fourth-order valence-electron chi connectivity index (χ4n) is 0.638. The summed E-state index contributed by atoms with van der Waals surface area (Å²) in [6.07, 6.45) is 1.80. The van der Waals surface area contributed by atoms with Crippen molar-refractivity contribution >= 4 is 21.6 Å². The number of rotatable bonds is 4. The third kappa shape index (κ3) is 5.18. The number of aromatic nitrogens is 1. The van der Waals surface area contributed by atoms with Crippen LogP contribution in [0.5, 0.6) is 0 Å². The van der Waals surface area contributed by atoms with Crippen LogP contribution in [0.2, 0.25) is 0 Å². The number of nitrogens with zero attached hydrogens (tertiary/aromatic N) is 1. The summed E-state index contributed by atoms with van der Waals surface area (Å²) in [5.74, 6) is 0.925. The van der Waals surface area contributed by atoms with Crippen molar-refractivity contribution in [2.75, 3.05) is 5.75 Å². The molecule has 0 saturated carbocycles. The molecular weight excluding hydrogens is 200 g/mol. The second kappa shape index (κ2) is 4.88. The van der Waals surface area contributed by atoms with Gasteiger partial charge in [-0.25, -0.2) is 4.98 Å². The standard InChI is InChI=1S/C9H14N2S2/c1-9(2,10)7-12-13-8-5-3-4-6-11-8/h3-6H,7,10H2,1-2H3. The van der Waals surface area contributed by atoms with Crippen LogP contribution in [0.25, 0.3) is 0 Å². The Balaban J connectivity index is 2.29. The van der Waals surface area contributed by atoms with Gasteiger partial charge in [-0.05, 0) is 36.8 Å². The second-order valence-electron chi connectivity index (χ2n) is 3.50. The summed E-state index contributed by atoms with van der Waals surface area (Å²) in [4.78, 5) is 4.20. The zero-order valence-corrected chi connectivity index (χ0v) is 9.49. The molecule has 0 aliphatic rings. The molecule has 0 spiro atoms. The van der Waals surface area contributed by atoms with Crippen LogP contribution >= 0.6 is 21.6 Å². The van der Waals surface area contributed by atoms with E-state index in [1.807, 2.05) is 32.0 Å². The Hall–Kier alpha value is -0.190. The third-order valence-electron chi connectivity index (χ3n) is 1.21. The largest absolute Gasteiger partial charge is 0.325 e. The summed E-state index contributed by atoms with van der Waals surface area (Å²) in [6, 6.07) is 5.91. The van der Waals surface area contributed by atoms with Gasteiger partial charge in [-0.1, -0.05) is 16.9 Å². The molecule has 0 aliphatic heterocycles. The molecular formula is C9H14N2S2. The van der Waals surface area contributed by atoms with Gasteiger partial charge in [0.2, 0.25) is 0 Å². The average Bonchev–Trinajstić information content (AvgIpc) is 2.04. The average molecular weight is 214 g/mol. The molecule has 13 heavy (non-hydrogen) atoms. The zero-order chi connectivity index (χ0) is 9.73. The first kappa shape index (κ1) is 10.9. The van der Waals surface area contributed by atoms with Crippen molar-refractivity contribution in [2.45, 2.75) is 24.4 Å². The van der Waals surface area contributed by atoms with Crippen LogP contribution in [-0.4, -0.2) is 16.3 Å². The molecule has 0 aromatic carbocycles. The van der Waals surface area contributed by atoms with E-state index in [1.54, 1.807) is 27.8 Å². The van der Waals surface area contributed by atoms with Crippen LogP contribution in [0.3, 0.4) is 0 Å². The van der Waals surface area contributed by atoms with Crippen molar-refractivity contribution in [3.05, 3.63) is 24.4 Å². The van der Waals surface area contributed by atoms with Crippen LogP contribution in [0.4, 0.5) is 0 Å². The first-order valence-electron chi connectivity index (χ1n) is 4.07. The van der Waals surface area contributed by atoms with Crippen LogP contribution < -0.4 is 5.73 Å². The molecule has 1 aromatic rings. The molecule has 72 valence electrons. The second-order valence-corrected chi connectivity index (χ2v) is 5.82. The highest BCUT2D eigenvalue weighted by Gasteiger charge is 2.10. The summed E-state index contributed by atoms with van der Waals surface area (Å²) in [6.45, 7) is 4.05. The molecule has 2 nitrogen and oxygen atoms in total. The predicted octanol–water partition coefficient (Wildman–Crippen LogP) is 2.56. The predicted molar refractivity (Wildman–Crippen MR) is 60.8 cm³/mol. The normalized spacial score (nSPS) is 11.6. The molecule has 0 radical (unpaired) electrons. The van der Waals surface area contributed by atoms with Crippen LogP contribution in [0.15, 0.2) is 29.4 Å². The maximum atomic E-state index is 5.85. The summed E-state index contributed by atoms with van der Waals surface area (Å²) < 4.78 is 0. The molecule has 2 N–H and O–H groups in total. The lowest BCUT2D eigenvalue weighted by molar-refractivity contribution is 0.592. The molecule has 0 fully saturated rings. The van der Waals surface area contributed by atoms with Crippen LogP contribution in [0.1, 0.15) is 13.8 Å². The first-order chi connectivity index (χ1) is 6.08. The number of hydrogen-bond donors (Lipinski definition) is 1. The lowest BCUT2D eigenvalue weighted by atomic mass is 10.1. The Labute approximate surface area is 87.1 Å². The van der Waals surface area contributed by atoms with Crippen molar-refractivity contribution in [3.8, 4) is 0 Å². The Morgan fingerprint density at radius 2 is 2.23 bits per heavy atom. The minimum atomic E-state index is -0.105. The third-order valence-corrected chi connectivity index (χ3v) is 3.82. The van der Waals surface area contributed by atoms with Gasteiger partial charge in [-0.2, -0.15) is 0 Å².